The lowest BCUT2D eigenvalue weighted by molar-refractivity contribution is -0.276. The zero-order chi connectivity index (χ0) is 23.1. The standard InChI is InChI=1S/C17H9F6N3O5/c18-9-3-10(12(19)13(20)14(9)31-17(21,22)23)26-11(27)6-25(16(26)30)5-7-1-2-24-4-8(7)15(28)29/h1-4H,5-6H2,(H,28,29). The van der Waals surface area contributed by atoms with Gasteiger partial charge in [-0.25, -0.2) is 23.3 Å². The van der Waals surface area contributed by atoms with Gasteiger partial charge in [-0.15, -0.1) is 13.2 Å². The first kappa shape index (κ1) is 21.9. The van der Waals surface area contributed by atoms with Crippen molar-refractivity contribution in [3.63, 3.8) is 0 Å². The highest BCUT2D eigenvalue weighted by Gasteiger charge is 2.42. The van der Waals surface area contributed by atoms with Gasteiger partial charge >= 0.3 is 18.4 Å². The molecular weight excluding hydrogens is 440 g/mol. The van der Waals surface area contributed by atoms with Crippen molar-refractivity contribution in [1.29, 1.82) is 0 Å². The zero-order valence-electron chi connectivity index (χ0n) is 14.9. The summed E-state index contributed by atoms with van der Waals surface area (Å²) < 4.78 is 82.1. The maximum absolute atomic E-state index is 14.3. The summed E-state index contributed by atoms with van der Waals surface area (Å²) in [5, 5.41) is 9.15. The Labute approximate surface area is 168 Å². The number of hydrogen-bond donors (Lipinski definition) is 1. The molecule has 1 saturated heterocycles. The number of imide groups is 1. The smallest absolute Gasteiger partial charge is 0.478 e. The largest absolute Gasteiger partial charge is 0.573 e. The Morgan fingerprint density at radius 3 is 2.48 bits per heavy atom. The van der Waals surface area contributed by atoms with Crippen molar-refractivity contribution >= 4 is 23.6 Å². The molecule has 3 amide bonds. The van der Waals surface area contributed by atoms with Gasteiger partial charge in [-0.2, -0.15) is 4.39 Å². The molecule has 3 rings (SSSR count). The monoisotopic (exact) mass is 449 g/mol. The first-order valence-corrected chi connectivity index (χ1v) is 8.12. The number of amides is 3. The van der Waals surface area contributed by atoms with E-state index in [4.69, 9.17) is 5.11 Å². The lowest BCUT2D eigenvalue weighted by Crippen LogP contribution is -2.34. The molecule has 1 aromatic carbocycles. The van der Waals surface area contributed by atoms with E-state index in [2.05, 4.69) is 9.72 Å². The number of carbonyl (C=O) groups is 3. The number of urea groups is 1. The SMILES string of the molecule is O=C(O)c1cnccc1CN1CC(=O)N(c2cc(F)c(OC(F)(F)F)c(F)c2F)C1=O. The molecule has 0 aliphatic carbocycles. The fourth-order valence-corrected chi connectivity index (χ4v) is 2.81. The number of hydrogen-bond acceptors (Lipinski definition) is 5. The molecule has 2 heterocycles. The summed E-state index contributed by atoms with van der Waals surface area (Å²) in [6, 6.07) is -0.0265. The fourth-order valence-electron chi connectivity index (χ4n) is 2.81. The summed E-state index contributed by atoms with van der Waals surface area (Å²) in [6.07, 6.45) is -3.33. The number of aromatic nitrogens is 1. The van der Waals surface area contributed by atoms with Gasteiger partial charge in [-0.05, 0) is 11.6 Å². The van der Waals surface area contributed by atoms with Crippen molar-refractivity contribution in [1.82, 2.24) is 9.88 Å². The number of ether oxygens (including phenoxy) is 1. The van der Waals surface area contributed by atoms with Crippen LogP contribution in [-0.4, -0.2) is 45.8 Å². The lowest BCUT2D eigenvalue weighted by atomic mass is 10.1. The van der Waals surface area contributed by atoms with E-state index in [1.165, 1.54) is 12.3 Å². The second-order valence-corrected chi connectivity index (χ2v) is 6.09. The molecule has 2 aromatic rings. The van der Waals surface area contributed by atoms with E-state index in [1.54, 1.807) is 0 Å². The number of rotatable bonds is 5. The molecule has 0 atom stereocenters. The molecule has 164 valence electrons. The number of carboxylic acids is 1. The summed E-state index contributed by atoms with van der Waals surface area (Å²) in [6.45, 7) is -1.17. The van der Waals surface area contributed by atoms with Gasteiger partial charge in [-0.3, -0.25) is 9.78 Å². The predicted octanol–water partition coefficient (Wildman–Crippen LogP) is 3.06. The molecule has 1 N–H and O–H groups in total. The first-order chi connectivity index (χ1) is 14.4. The van der Waals surface area contributed by atoms with E-state index < -0.39 is 66.2 Å². The van der Waals surface area contributed by atoms with Crippen molar-refractivity contribution in [2.75, 3.05) is 11.4 Å². The van der Waals surface area contributed by atoms with Crippen molar-refractivity contribution < 1.29 is 50.6 Å². The molecule has 0 bridgehead atoms. The van der Waals surface area contributed by atoms with Crippen molar-refractivity contribution in [2.45, 2.75) is 12.9 Å². The number of nitrogens with zero attached hydrogens (tertiary/aromatic N) is 3. The number of benzene rings is 1. The fraction of sp³-hybridized carbons (Fsp3) is 0.176. The van der Waals surface area contributed by atoms with Crippen LogP contribution in [0.3, 0.4) is 0 Å². The van der Waals surface area contributed by atoms with Crippen LogP contribution in [0.4, 0.5) is 36.8 Å². The molecule has 0 spiro atoms. The van der Waals surface area contributed by atoms with Gasteiger partial charge in [0.05, 0.1) is 11.3 Å². The van der Waals surface area contributed by atoms with Crippen molar-refractivity contribution in [2.24, 2.45) is 0 Å². The van der Waals surface area contributed by atoms with E-state index in [-0.39, 0.29) is 22.1 Å². The van der Waals surface area contributed by atoms with E-state index in [1.807, 2.05) is 0 Å². The summed E-state index contributed by atoms with van der Waals surface area (Å²) >= 11 is 0. The number of halogens is 6. The Balaban J connectivity index is 1.94. The van der Waals surface area contributed by atoms with Crippen LogP contribution in [0.5, 0.6) is 5.75 Å². The molecule has 1 fully saturated rings. The van der Waals surface area contributed by atoms with Crippen LogP contribution in [0.25, 0.3) is 0 Å². The highest BCUT2D eigenvalue weighted by Crippen LogP contribution is 2.36. The summed E-state index contributed by atoms with van der Waals surface area (Å²) in [4.78, 5) is 40.4. The number of pyridine rings is 1. The Hall–Kier alpha value is -3.84. The molecule has 14 heteroatoms. The number of alkyl halides is 3. The minimum atomic E-state index is -5.53. The van der Waals surface area contributed by atoms with Crippen molar-refractivity contribution in [3.05, 3.63) is 53.1 Å². The third-order valence-corrected chi connectivity index (χ3v) is 4.10. The summed E-state index contributed by atoms with van der Waals surface area (Å²) in [7, 11) is 0. The van der Waals surface area contributed by atoms with Gasteiger partial charge in [0.1, 0.15) is 6.54 Å². The molecule has 1 aromatic heterocycles. The molecule has 0 unspecified atom stereocenters. The Morgan fingerprint density at radius 1 is 1.19 bits per heavy atom. The quantitative estimate of drug-likeness (QED) is 0.428. The zero-order valence-corrected chi connectivity index (χ0v) is 14.9. The van der Waals surface area contributed by atoms with Crippen LogP contribution >= 0.6 is 0 Å². The molecular formula is C17H9F6N3O5. The van der Waals surface area contributed by atoms with Crippen LogP contribution in [0, 0.1) is 17.5 Å². The minimum Gasteiger partial charge on any atom is -0.478 e. The van der Waals surface area contributed by atoms with Gasteiger partial charge in [0.15, 0.2) is 11.6 Å². The average Bonchev–Trinajstić information content (AvgIpc) is 2.95. The van der Waals surface area contributed by atoms with Gasteiger partial charge in [0, 0.05) is 25.0 Å². The number of anilines is 1. The van der Waals surface area contributed by atoms with Crippen molar-refractivity contribution in [3.8, 4) is 5.75 Å². The third-order valence-electron chi connectivity index (χ3n) is 4.10. The number of carboxylic acid groups (broad SMARTS) is 1. The summed E-state index contributed by atoms with van der Waals surface area (Å²) in [5.74, 6) is -11.2. The maximum Gasteiger partial charge on any atom is 0.573 e. The minimum absolute atomic E-state index is 0.00784. The van der Waals surface area contributed by atoms with Crippen LogP contribution in [-0.2, 0) is 11.3 Å². The van der Waals surface area contributed by atoms with Gasteiger partial charge in [0.25, 0.3) is 5.91 Å². The maximum atomic E-state index is 14.3. The number of carbonyl (C=O) groups excluding carboxylic acids is 2. The van der Waals surface area contributed by atoms with Crippen LogP contribution in [0.2, 0.25) is 0 Å². The average molecular weight is 449 g/mol. The molecule has 1 aliphatic rings. The van der Waals surface area contributed by atoms with E-state index in [9.17, 15) is 40.7 Å². The highest BCUT2D eigenvalue weighted by molar-refractivity contribution is 6.19. The van der Waals surface area contributed by atoms with Gasteiger partial charge in [0.2, 0.25) is 11.6 Å². The lowest BCUT2D eigenvalue weighted by Gasteiger charge is -2.19. The van der Waals surface area contributed by atoms with E-state index >= 15 is 0 Å². The molecule has 0 saturated carbocycles. The van der Waals surface area contributed by atoms with Crippen LogP contribution in [0.1, 0.15) is 15.9 Å². The summed E-state index contributed by atoms with van der Waals surface area (Å²) in [5.41, 5.74) is -1.51. The van der Waals surface area contributed by atoms with Crippen LogP contribution < -0.4 is 9.64 Å². The predicted molar refractivity (Wildman–Crippen MR) is 87.5 cm³/mol. The first-order valence-electron chi connectivity index (χ1n) is 8.12. The molecule has 31 heavy (non-hydrogen) atoms. The van der Waals surface area contributed by atoms with E-state index in [0.717, 1.165) is 11.1 Å². The Morgan fingerprint density at radius 2 is 1.87 bits per heavy atom. The number of aromatic carboxylic acids is 1. The molecule has 8 nitrogen and oxygen atoms in total. The Bertz CT molecular complexity index is 1090. The molecule has 1 aliphatic heterocycles. The Kier molecular flexibility index (Phi) is 5.48. The highest BCUT2D eigenvalue weighted by atomic mass is 19.4. The second-order valence-electron chi connectivity index (χ2n) is 6.09. The second kappa shape index (κ2) is 7.77. The third kappa shape index (κ3) is 4.22. The van der Waals surface area contributed by atoms with Gasteiger partial charge in [-0.1, -0.05) is 0 Å². The van der Waals surface area contributed by atoms with Crippen LogP contribution in [0.15, 0.2) is 24.5 Å². The normalized spacial score (nSPS) is 14.4. The van der Waals surface area contributed by atoms with Gasteiger partial charge < -0.3 is 14.7 Å². The molecule has 0 radical (unpaired) electrons. The van der Waals surface area contributed by atoms with E-state index in [0.29, 0.717) is 0 Å². The topological polar surface area (TPSA) is 100 Å².